The Kier molecular flexibility index (Phi) is 6.72. The minimum absolute atomic E-state index is 0.0829. The minimum atomic E-state index is -1.08. The van der Waals surface area contributed by atoms with Gasteiger partial charge in [0.25, 0.3) is 5.91 Å². The van der Waals surface area contributed by atoms with Crippen molar-refractivity contribution < 1.29 is 23.1 Å². The maximum atomic E-state index is 13.0. The molecule has 0 atom stereocenters. The molecule has 0 fully saturated rings. The van der Waals surface area contributed by atoms with Gasteiger partial charge in [0.15, 0.2) is 18.2 Å². The fourth-order valence-electron chi connectivity index (χ4n) is 1.74. The molecule has 0 aliphatic rings. The maximum absolute atomic E-state index is 13.0. The second kappa shape index (κ2) is 8.77. The standard InChI is InChI=1S/C16H12BrClF2N2O3/c17-11-5-9(18)1-4-14(11)25-8-16(24)21-7-15(23)22-10-2-3-12(19)13(20)6-10/h1-6H,7-8H2,(H,21,24)(H,22,23). The zero-order valence-electron chi connectivity index (χ0n) is 12.6. The van der Waals surface area contributed by atoms with Crippen LogP contribution in [0.25, 0.3) is 0 Å². The highest BCUT2D eigenvalue weighted by Gasteiger charge is 2.10. The Morgan fingerprint density at radius 3 is 2.52 bits per heavy atom. The normalized spacial score (nSPS) is 10.2. The number of carbonyl (C=O) groups excluding carboxylic acids is 2. The summed E-state index contributed by atoms with van der Waals surface area (Å²) in [6.07, 6.45) is 0. The molecular weight excluding hydrogens is 422 g/mol. The van der Waals surface area contributed by atoms with Crippen LogP contribution in [0.4, 0.5) is 14.5 Å². The average molecular weight is 434 g/mol. The molecule has 2 amide bonds. The highest BCUT2D eigenvalue weighted by Crippen LogP contribution is 2.27. The van der Waals surface area contributed by atoms with Gasteiger partial charge < -0.3 is 15.4 Å². The third-order valence-corrected chi connectivity index (χ3v) is 3.76. The van der Waals surface area contributed by atoms with Crippen LogP contribution in [-0.2, 0) is 9.59 Å². The van der Waals surface area contributed by atoms with Gasteiger partial charge in [-0.3, -0.25) is 9.59 Å². The lowest BCUT2D eigenvalue weighted by Crippen LogP contribution is -2.35. The smallest absolute Gasteiger partial charge is 0.258 e. The van der Waals surface area contributed by atoms with E-state index in [1.54, 1.807) is 18.2 Å². The summed E-state index contributed by atoms with van der Waals surface area (Å²) >= 11 is 9.04. The summed E-state index contributed by atoms with van der Waals surface area (Å²) in [5.41, 5.74) is 0.0829. The predicted molar refractivity (Wildman–Crippen MR) is 92.6 cm³/mol. The van der Waals surface area contributed by atoms with Crippen molar-refractivity contribution in [3.05, 3.63) is 57.5 Å². The number of hydrogen-bond donors (Lipinski definition) is 2. The van der Waals surface area contributed by atoms with E-state index in [1.165, 1.54) is 6.07 Å². The summed E-state index contributed by atoms with van der Waals surface area (Å²) in [6, 6.07) is 7.76. The first kappa shape index (κ1) is 19.1. The van der Waals surface area contributed by atoms with Crippen LogP contribution >= 0.6 is 27.5 Å². The summed E-state index contributed by atoms with van der Waals surface area (Å²) in [4.78, 5) is 23.4. The zero-order chi connectivity index (χ0) is 18.4. The van der Waals surface area contributed by atoms with Gasteiger partial charge in [0.05, 0.1) is 11.0 Å². The number of halogens is 4. The molecule has 0 saturated heterocycles. The fourth-order valence-corrected chi connectivity index (χ4v) is 2.54. The Morgan fingerprint density at radius 2 is 1.84 bits per heavy atom. The maximum Gasteiger partial charge on any atom is 0.258 e. The molecule has 25 heavy (non-hydrogen) atoms. The van der Waals surface area contributed by atoms with Crippen molar-refractivity contribution in [1.82, 2.24) is 5.32 Å². The van der Waals surface area contributed by atoms with Gasteiger partial charge in [-0.05, 0) is 46.3 Å². The Hall–Kier alpha value is -2.19. The first-order valence-electron chi connectivity index (χ1n) is 6.94. The molecule has 0 saturated carbocycles. The van der Waals surface area contributed by atoms with E-state index in [4.69, 9.17) is 16.3 Å². The van der Waals surface area contributed by atoms with Crippen LogP contribution in [0.2, 0.25) is 5.02 Å². The first-order valence-corrected chi connectivity index (χ1v) is 8.11. The van der Waals surface area contributed by atoms with E-state index in [0.29, 0.717) is 15.2 Å². The molecule has 2 aromatic carbocycles. The quantitative estimate of drug-likeness (QED) is 0.733. The molecule has 2 rings (SSSR count). The zero-order valence-corrected chi connectivity index (χ0v) is 15.0. The first-order chi connectivity index (χ1) is 11.8. The van der Waals surface area contributed by atoms with Gasteiger partial charge in [-0.1, -0.05) is 11.6 Å². The van der Waals surface area contributed by atoms with E-state index in [0.717, 1.165) is 12.1 Å². The lowest BCUT2D eigenvalue weighted by atomic mass is 10.3. The molecular formula is C16H12BrClF2N2O3. The number of benzene rings is 2. The summed E-state index contributed by atoms with van der Waals surface area (Å²) in [6.45, 7) is -0.651. The van der Waals surface area contributed by atoms with E-state index < -0.39 is 23.4 Å². The van der Waals surface area contributed by atoms with Crippen LogP contribution in [0.1, 0.15) is 0 Å². The Bertz CT molecular complexity index is 805. The SMILES string of the molecule is O=C(COc1ccc(Cl)cc1Br)NCC(=O)Nc1ccc(F)c(F)c1. The van der Waals surface area contributed by atoms with Gasteiger partial charge in [-0.15, -0.1) is 0 Å². The number of hydrogen-bond acceptors (Lipinski definition) is 3. The van der Waals surface area contributed by atoms with Crippen molar-refractivity contribution in [3.63, 3.8) is 0 Å². The summed E-state index contributed by atoms with van der Waals surface area (Å²) in [7, 11) is 0. The monoisotopic (exact) mass is 432 g/mol. The second-order valence-corrected chi connectivity index (χ2v) is 6.11. The second-order valence-electron chi connectivity index (χ2n) is 4.82. The Morgan fingerprint density at radius 1 is 1.08 bits per heavy atom. The molecule has 2 aromatic rings. The highest BCUT2D eigenvalue weighted by atomic mass is 79.9. The predicted octanol–water partition coefficient (Wildman–Crippen LogP) is 3.51. The lowest BCUT2D eigenvalue weighted by molar-refractivity contribution is -0.125. The molecule has 2 N–H and O–H groups in total. The molecule has 0 radical (unpaired) electrons. The third-order valence-electron chi connectivity index (χ3n) is 2.90. The summed E-state index contributed by atoms with van der Waals surface area (Å²) in [5, 5.41) is 5.19. The molecule has 5 nitrogen and oxygen atoms in total. The van der Waals surface area contributed by atoms with E-state index in [9.17, 15) is 18.4 Å². The van der Waals surface area contributed by atoms with Crippen molar-refractivity contribution in [2.75, 3.05) is 18.5 Å². The number of carbonyl (C=O) groups is 2. The number of anilines is 1. The highest BCUT2D eigenvalue weighted by molar-refractivity contribution is 9.10. The molecule has 132 valence electrons. The van der Waals surface area contributed by atoms with Crippen LogP contribution in [0.15, 0.2) is 40.9 Å². The fraction of sp³-hybridized carbons (Fsp3) is 0.125. The van der Waals surface area contributed by atoms with Gasteiger partial charge in [-0.2, -0.15) is 0 Å². The molecule has 0 aromatic heterocycles. The van der Waals surface area contributed by atoms with Crippen LogP contribution in [0, 0.1) is 11.6 Å². The van der Waals surface area contributed by atoms with E-state index in [1.807, 2.05) is 0 Å². The van der Waals surface area contributed by atoms with Gasteiger partial charge in [0, 0.05) is 16.8 Å². The molecule has 0 aliphatic carbocycles. The molecule has 0 unspecified atom stereocenters. The third kappa shape index (κ3) is 5.99. The Balaban J connectivity index is 1.77. The van der Waals surface area contributed by atoms with Gasteiger partial charge in [0.2, 0.25) is 5.91 Å². The van der Waals surface area contributed by atoms with Crippen LogP contribution in [0.3, 0.4) is 0 Å². The minimum Gasteiger partial charge on any atom is -0.483 e. The topological polar surface area (TPSA) is 67.4 Å². The van der Waals surface area contributed by atoms with Gasteiger partial charge >= 0.3 is 0 Å². The molecule has 0 aliphatic heterocycles. The number of rotatable bonds is 6. The van der Waals surface area contributed by atoms with E-state index >= 15 is 0 Å². The van der Waals surface area contributed by atoms with Crippen molar-refractivity contribution in [2.45, 2.75) is 0 Å². The van der Waals surface area contributed by atoms with Gasteiger partial charge in [-0.25, -0.2) is 8.78 Å². The van der Waals surface area contributed by atoms with E-state index in [-0.39, 0.29) is 18.8 Å². The summed E-state index contributed by atoms with van der Waals surface area (Å²) < 4.78 is 31.7. The average Bonchev–Trinajstić information content (AvgIpc) is 2.55. The number of ether oxygens (including phenoxy) is 1. The van der Waals surface area contributed by atoms with Crippen molar-refractivity contribution in [2.24, 2.45) is 0 Å². The molecule has 0 heterocycles. The number of nitrogens with one attached hydrogen (secondary N) is 2. The van der Waals surface area contributed by atoms with Crippen molar-refractivity contribution in [1.29, 1.82) is 0 Å². The van der Waals surface area contributed by atoms with E-state index in [2.05, 4.69) is 26.6 Å². The summed E-state index contributed by atoms with van der Waals surface area (Å²) in [5.74, 6) is -2.79. The lowest BCUT2D eigenvalue weighted by Gasteiger charge is -2.09. The molecule has 0 spiro atoms. The van der Waals surface area contributed by atoms with Crippen LogP contribution < -0.4 is 15.4 Å². The largest absolute Gasteiger partial charge is 0.483 e. The Labute approximate surface area is 155 Å². The molecule has 0 bridgehead atoms. The van der Waals surface area contributed by atoms with Crippen LogP contribution in [0.5, 0.6) is 5.75 Å². The molecule has 9 heteroatoms. The van der Waals surface area contributed by atoms with Gasteiger partial charge in [0.1, 0.15) is 5.75 Å². The van der Waals surface area contributed by atoms with Crippen molar-refractivity contribution in [3.8, 4) is 5.75 Å². The van der Waals surface area contributed by atoms with Crippen molar-refractivity contribution >= 4 is 45.0 Å². The van der Waals surface area contributed by atoms with Crippen LogP contribution in [-0.4, -0.2) is 25.0 Å². The number of amides is 2.